The Hall–Kier alpha value is -2.97. The van der Waals surface area contributed by atoms with E-state index in [2.05, 4.69) is 10.1 Å². The number of nitro groups is 1. The summed E-state index contributed by atoms with van der Waals surface area (Å²) in [5, 5.41) is 21.4. The summed E-state index contributed by atoms with van der Waals surface area (Å²) in [6.07, 6.45) is -1.33. The number of hydrogen-bond donors (Lipinski definition) is 2. The van der Waals surface area contributed by atoms with Crippen LogP contribution in [0.5, 0.6) is 0 Å². The number of carboxylic acids is 1. The van der Waals surface area contributed by atoms with Crippen LogP contribution >= 0.6 is 0 Å². The fraction of sp³-hybridized carbons (Fsp3) is 0.308. The first-order valence-corrected chi connectivity index (χ1v) is 6.21. The first-order valence-electron chi connectivity index (χ1n) is 6.21. The molecule has 0 unspecified atom stereocenters. The maximum atomic E-state index is 11.9. The van der Waals surface area contributed by atoms with Gasteiger partial charge in [-0.15, -0.1) is 0 Å². The van der Waals surface area contributed by atoms with Gasteiger partial charge in [-0.2, -0.15) is 0 Å². The number of carbonyl (C=O) groups excluding carboxylic acids is 2. The van der Waals surface area contributed by atoms with E-state index in [1.165, 1.54) is 26.0 Å². The molecule has 0 heterocycles. The maximum Gasteiger partial charge on any atom is 0.344 e. The number of hydrogen-bond acceptors (Lipinski definition) is 6. The number of nitrogens with one attached hydrogen (secondary N) is 1. The zero-order valence-corrected chi connectivity index (χ0v) is 11.8. The molecule has 0 spiro atoms. The first-order chi connectivity index (χ1) is 10.2. The number of benzene rings is 1. The van der Waals surface area contributed by atoms with E-state index in [0.29, 0.717) is 0 Å². The average Bonchev–Trinajstić information content (AvgIpc) is 2.46. The van der Waals surface area contributed by atoms with Gasteiger partial charge in [0.25, 0.3) is 11.6 Å². The van der Waals surface area contributed by atoms with Crippen molar-refractivity contribution in [3.05, 3.63) is 39.9 Å². The van der Waals surface area contributed by atoms with E-state index in [4.69, 9.17) is 5.11 Å². The maximum absolute atomic E-state index is 11.9. The molecule has 0 aromatic heterocycles. The highest BCUT2D eigenvalue weighted by Crippen LogP contribution is 2.12. The highest BCUT2D eigenvalue weighted by atomic mass is 16.6. The monoisotopic (exact) mass is 310 g/mol. The number of nitrogens with zero attached hydrogens (tertiary/aromatic N) is 1. The van der Waals surface area contributed by atoms with Gasteiger partial charge in [0.2, 0.25) is 0 Å². The van der Waals surface area contributed by atoms with Gasteiger partial charge >= 0.3 is 11.9 Å². The van der Waals surface area contributed by atoms with E-state index in [1.54, 1.807) is 0 Å². The Labute approximate surface area is 125 Å². The van der Waals surface area contributed by atoms with Crippen molar-refractivity contribution in [1.82, 2.24) is 5.32 Å². The molecule has 1 aromatic carbocycles. The number of aliphatic carboxylic acids is 1. The molecule has 0 aliphatic rings. The molecule has 9 nitrogen and oxygen atoms in total. The van der Waals surface area contributed by atoms with Gasteiger partial charge in [-0.05, 0) is 26.0 Å². The van der Waals surface area contributed by atoms with E-state index in [1.807, 2.05) is 0 Å². The van der Waals surface area contributed by atoms with Crippen LogP contribution in [-0.4, -0.2) is 40.0 Å². The normalized spacial score (nSPS) is 12.8. The molecular weight excluding hydrogens is 296 g/mol. The minimum atomic E-state index is -1.33. The van der Waals surface area contributed by atoms with E-state index in [-0.39, 0.29) is 11.3 Å². The minimum Gasteiger partial charge on any atom is -0.479 e. The summed E-state index contributed by atoms with van der Waals surface area (Å²) in [5.41, 5.74) is -0.0455. The molecule has 0 saturated heterocycles. The smallest absolute Gasteiger partial charge is 0.344 e. The van der Waals surface area contributed by atoms with Gasteiger partial charge in [0.05, 0.1) is 4.92 Å². The van der Waals surface area contributed by atoms with Crippen molar-refractivity contribution in [2.75, 3.05) is 0 Å². The molecule has 0 aliphatic heterocycles. The Morgan fingerprint density at radius 3 is 2.23 bits per heavy atom. The van der Waals surface area contributed by atoms with Crippen molar-refractivity contribution in [3.8, 4) is 0 Å². The van der Waals surface area contributed by atoms with Crippen molar-refractivity contribution < 1.29 is 29.2 Å². The van der Waals surface area contributed by atoms with Gasteiger partial charge in [0, 0.05) is 17.7 Å². The molecule has 0 saturated carbocycles. The van der Waals surface area contributed by atoms with Crippen molar-refractivity contribution in [2.24, 2.45) is 0 Å². The van der Waals surface area contributed by atoms with Crippen molar-refractivity contribution >= 4 is 23.5 Å². The predicted octanol–water partition coefficient (Wildman–Crippen LogP) is 0.729. The van der Waals surface area contributed by atoms with Crippen molar-refractivity contribution in [1.29, 1.82) is 0 Å². The molecule has 0 radical (unpaired) electrons. The third-order valence-corrected chi connectivity index (χ3v) is 2.68. The summed E-state index contributed by atoms with van der Waals surface area (Å²) in [4.78, 5) is 43.9. The molecule has 0 aliphatic carbocycles. The van der Waals surface area contributed by atoms with Crippen LogP contribution in [0.15, 0.2) is 24.3 Å². The quantitative estimate of drug-likeness (QED) is 0.449. The molecule has 1 aromatic rings. The van der Waals surface area contributed by atoms with Gasteiger partial charge in [-0.25, -0.2) is 9.59 Å². The van der Waals surface area contributed by atoms with Crippen LogP contribution in [0, 0.1) is 10.1 Å². The van der Waals surface area contributed by atoms with Crippen molar-refractivity contribution in [2.45, 2.75) is 26.0 Å². The molecule has 2 atom stereocenters. The number of ether oxygens (including phenoxy) is 1. The first kappa shape index (κ1) is 17.1. The minimum absolute atomic E-state index is 0.122. The zero-order chi connectivity index (χ0) is 16.9. The summed E-state index contributed by atoms with van der Waals surface area (Å²) < 4.78 is 4.62. The van der Waals surface area contributed by atoms with E-state index in [9.17, 15) is 24.5 Å². The SMILES string of the molecule is C[C@@H](NC(=O)c1ccc([N+](=O)[O-])cc1)C(=O)O[C@H](C)C(=O)O. The lowest BCUT2D eigenvalue weighted by Gasteiger charge is -2.15. The van der Waals surface area contributed by atoms with Crippen LogP contribution in [0.2, 0.25) is 0 Å². The molecule has 22 heavy (non-hydrogen) atoms. The second-order valence-corrected chi connectivity index (χ2v) is 4.42. The molecule has 0 fully saturated rings. The Morgan fingerprint density at radius 2 is 1.77 bits per heavy atom. The van der Waals surface area contributed by atoms with Crippen molar-refractivity contribution in [3.63, 3.8) is 0 Å². The highest BCUT2D eigenvalue weighted by molar-refractivity contribution is 5.97. The van der Waals surface area contributed by atoms with Gasteiger partial charge in [0.15, 0.2) is 6.10 Å². The van der Waals surface area contributed by atoms with Gasteiger partial charge in [-0.1, -0.05) is 0 Å². The lowest BCUT2D eigenvalue weighted by atomic mass is 10.2. The number of esters is 1. The Kier molecular flexibility index (Phi) is 5.56. The van der Waals surface area contributed by atoms with Crippen LogP contribution in [-0.2, 0) is 14.3 Å². The zero-order valence-electron chi connectivity index (χ0n) is 11.8. The molecule has 1 amide bonds. The molecular formula is C13H14N2O7. The third-order valence-electron chi connectivity index (χ3n) is 2.68. The Balaban J connectivity index is 2.65. The van der Waals surface area contributed by atoms with E-state index >= 15 is 0 Å². The van der Waals surface area contributed by atoms with Gasteiger partial charge in [-0.3, -0.25) is 14.9 Å². The fourth-order valence-electron chi connectivity index (χ4n) is 1.40. The lowest BCUT2D eigenvalue weighted by molar-refractivity contribution is -0.384. The van der Waals surface area contributed by atoms with Crippen LogP contribution < -0.4 is 5.32 Å². The lowest BCUT2D eigenvalue weighted by Crippen LogP contribution is -2.41. The molecule has 9 heteroatoms. The van der Waals surface area contributed by atoms with E-state index in [0.717, 1.165) is 12.1 Å². The number of carboxylic acid groups (broad SMARTS) is 1. The standard InChI is InChI=1S/C13H14N2O7/c1-7(13(19)22-8(2)12(17)18)14-11(16)9-3-5-10(6-4-9)15(20)21/h3-8H,1-2H3,(H,14,16)(H,17,18)/t7-,8-/m1/s1. The molecule has 1 rings (SSSR count). The number of non-ortho nitro benzene ring substituents is 1. The summed E-state index contributed by atoms with van der Waals surface area (Å²) >= 11 is 0. The topological polar surface area (TPSA) is 136 Å². The van der Waals surface area contributed by atoms with Crippen LogP contribution in [0.25, 0.3) is 0 Å². The summed E-state index contributed by atoms with van der Waals surface area (Å²) in [6, 6.07) is 3.73. The predicted molar refractivity (Wildman–Crippen MR) is 73.2 cm³/mol. The average molecular weight is 310 g/mol. The molecule has 0 bridgehead atoms. The largest absolute Gasteiger partial charge is 0.479 e. The van der Waals surface area contributed by atoms with Gasteiger partial charge < -0.3 is 15.2 Å². The molecule has 118 valence electrons. The van der Waals surface area contributed by atoms with Crippen LogP contribution in [0.3, 0.4) is 0 Å². The van der Waals surface area contributed by atoms with Crippen LogP contribution in [0.1, 0.15) is 24.2 Å². The summed E-state index contributed by atoms with van der Waals surface area (Å²) in [7, 11) is 0. The third kappa shape index (κ3) is 4.54. The fourth-order valence-corrected chi connectivity index (χ4v) is 1.40. The number of nitro benzene ring substituents is 1. The van der Waals surface area contributed by atoms with Gasteiger partial charge in [0.1, 0.15) is 6.04 Å². The highest BCUT2D eigenvalue weighted by Gasteiger charge is 2.23. The second-order valence-electron chi connectivity index (χ2n) is 4.42. The number of rotatable bonds is 6. The van der Waals surface area contributed by atoms with Crippen LogP contribution in [0.4, 0.5) is 5.69 Å². The summed E-state index contributed by atoms with van der Waals surface area (Å²) in [6.45, 7) is 2.52. The Bertz CT molecular complexity index is 597. The van der Waals surface area contributed by atoms with E-state index < -0.39 is 34.9 Å². The Morgan fingerprint density at radius 1 is 1.23 bits per heavy atom. The second kappa shape index (κ2) is 7.16. The summed E-state index contributed by atoms with van der Waals surface area (Å²) in [5.74, 6) is -2.84. The number of carbonyl (C=O) groups is 3. The number of amides is 1. The molecule has 2 N–H and O–H groups in total.